The van der Waals surface area contributed by atoms with Crippen molar-refractivity contribution in [3.63, 3.8) is 0 Å². The summed E-state index contributed by atoms with van der Waals surface area (Å²) >= 11 is 0. The van der Waals surface area contributed by atoms with Crippen LogP contribution < -0.4 is 15.4 Å². The molecule has 0 radical (unpaired) electrons. The minimum absolute atomic E-state index is 0. The van der Waals surface area contributed by atoms with Gasteiger partial charge >= 0.3 is 0 Å². The number of likely N-dealkylation sites (N-methyl/N-ethyl adjacent to an activating group) is 1. The molecule has 0 spiro atoms. The fourth-order valence-electron chi connectivity index (χ4n) is 1.73. The van der Waals surface area contributed by atoms with E-state index in [0.29, 0.717) is 6.54 Å². The summed E-state index contributed by atoms with van der Waals surface area (Å²) in [6.45, 7) is 2.39. The lowest BCUT2D eigenvalue weighted by Gasteiger charge is -2.13. The number of benzene rings is 1. The predicted molar refractivity (Wildman–Crippen MR) is 80.1 cm³/mol. The quantitative estimate of drug-likeness (QED) is 0.803. The van der Waals surface area contributed by atoms with Gasteiger partial charge in [-0.2, -0.15) is 0 Å². The van der Waals surface area contributed by atoms with Crippen molar-refractivity contribution in [3.8, 4) is 5.75 Å². The van der Waals surface area contributed by atoms with Crippen molar-refractivity contribution in [2.45, 2.75) is 25.8 Å². The van der Waals surface area contributed by atoms with E-state index in [1.165, 1.54) is 5.56 Å². The molecule has 1 aromatic carbocycles. The predicted octanol–water partition coefficient (Wildman–Crippen LogP) is 1.77. The maximum absolute atomic E-state index is 11.4. The van der Waals surface area contributed by atoms with Gasteiger partial charge in [0, 0.05) is 6.04 Å². The number of halogens is 1. The molecule has 0 aliphatic rings. The van der Waals surface area contributed by atoms with E-state index in [2.05, 4.69) is 22.8 Å². The summed E-state index contributed by atoms with van der Waals surface area (Å²) < 4.78 is 5.11. The monoisotopic (exact) mass is 286 g/mol. The summed E-state index contributed by atoms with van der Waals surface area (Å²) in [4.78, 5) is 11.4. The Hall–Kier alpha value is -1.26. The van der Waals surface area contributed by atoms with Gasteiger partial charge in [-0.1, -0.05) is 12.1 Å². The normalized spacial score (nSPS) is 11.3. The fraction of sp³-hybridized carbons (Fsp3) is 0.500. The SMILES string of the molecule is CNCC(=O)NC(C)CCc1ccc(OC)cc1.Cl. The van der Waals surface area contributed by atoms with Crippen LogP contribution in [0.25, 0.3) is 0 Å². The van der Waals surface area contributed by atoms with Crippen molar-refractivity contribution in [2.24, 2.45) is 0 Å². The van der Waals surface area contributed by atoms with Gasteiger partial charge in [0.25, 0.3) is 0 Å². The number of nitrogens with one attached hydrogen (secondary N) is 2. The molecule has 0 saturated heterocycles. The molecule has 0 aliphatic heterocycles. The highest BCUT2D eigenvalue weighted by Gasteiger charge is 2.06. The molecule has 4 nitrogen and oxygen atoms in total. The van der Waals surface area contributed by atoms with E-state index >= 15 is 0 Å². The number of ether oxygens (including phenoxy) is 1. The number of hydrogen-bond acceptors (Lipinski definition) is 3. The van der Waals surface area contributed by atoms with Crippen molar-refractivity contribution >= 4 is 18.3 Å². The van der Waals surface area contributed by atoms with Gasteiger partial charge in [-0.3, -0.25) is 4.79 Å². The molecule has 108 valence electrons. The van der Waals surface area contributed by atoms with Crippen LogP contribution >= 0.6 is 12.4 Å². The fourth-order valence-corrected chi connectivity index (χ4v) is 1.73. The number of rotatable bonds is 7. The van der Waals surface area contributed by atoms with Gasteiger partial charge in [0.2, 0.25) is 5.91 Å². The average molecular weight is 287 g/mol. The molecule has 1 unspecified atom stereocenters. The zero-order chi connectivity index (χ0) is 13.4. The highest BCUT2D eigenvalue weighted by Crippen LogP contribution is 2.13. The molecule has 0 heterocycles. The summed E-state index contributed by atoms with van der Waals surface area (Å²) in [5.41, 5.74) is 1.26. The summed E-state index contributed by atoms with van der Waals surface area (Å²) in [5.74, 6) is 0.911. The van der Waals surface area contributed by atoms with Gasteiger partial charge in [0.05, 0.1) is 13.7 Å². The molecule has 1 atom stereocenters. The first-order valence-electron chi connectivity index (χ1n) is 6.22. The third-order valence-corrected chi connectivity index (χ3v) is 2.77. The van der Waals surface area contributed by atoms with Crippen LogP contribution in [0, 0.1) is 0 Å². The first-order valence-corrected chi connectivity index (χ1v) is 6.22. The van der Waals surface area contributed by atoms with Crippen LogP contribution in [0.3, 0.4) is 0 Å². The van der Waals surface area contributed by atoms with Gasteiger partial charge in [0.15, 0.2) is 0 Å². The van der Waals surface area contributed by atoms with Crippen molar-refractivity contribution < 1.29 is 9.53 Å². The summed E-state index contributed by atoms with van der Waals surface area (Å²) in [6.07, 6.45) is 1.88. The highest BCUT2D eigenvalue weighted by atomic mass is 35.5. The molecule has 5 heteroatoms. The van der Waals surface area contributed by atoms with Crippen LogP contribution in [0.2, 0.25) is 0 Å². The number of aryl methyl sites for hydroxylation is 1. The van der Waals surface area contributed by atoms with Crippen LogP contribution in [-0.2, 0) is 11.2 Å². The molecule has 0 aromatic heterocycles. The van der Waals surface area contributed by atoms with E-state index < -0.39 is 0 Å². The summed E-state index contributed by atoms with van der Waals surface area (Å²) in [6, 6.07) is 8.22. The Morgan fingerprint density at radius 2 is 1.95 bits per heavy atom. The molecular formula is C14H23ClN2O2. The molecular weight excluding hydrogens is 264 g/mol. The zero-order valence-corrected chi connectivity index (χ0v) is 12.5. The van der Waals surface area contributed by atoms with E-state index in [1.54, 1.807) is 14.2 Å². The van der Waals surface area contributed by atoms with Crippen LogP contribution in [0.15, 0.2) is 24.3 Å². The lowest BCUT2D eigenvalue weighted by molar-refractivity contribution is -0.120. The maximum Gasteiger partial charge on any atom is 0.234 e. The van der Waals surface area contributed by atoms with E-state index in [0.717, 1.165) is 18.6 Å². The maximum atomic E-state index is 11.4. The molecule has 1 amide bonds. The van der Waals surface area contributed by atoms with Crippen molar-refractivity contribution in [3.05, 3.63) is 29.8 Å². The van der Waals surface area contributed by atoms with E-state index in [4.69, 9.17) is 4.74 Å². The van der Waals surface area contributed by atoms with Gasteiger partial charge in [-0.05, 0) is 44.5 Å². The first kappa shape index (κ1) is 17.7. The second-order valence-electron chi connectivity index (χ2n) is 4.39. The number of carbonyl (C=O) groups excluding carboxylic acids is 1. The van der Waals surface area contributed by atoms with E-state index in [-0.39, 0.29) is 24.4 Å². The Kier molecular flexibility index (Phi) is 9.00. The summed E-state index contributed by atoms with van der Waals surface area (Å²) in [7, 11) is 3.43. The summed E-state index contributed by atoms with van der Waals surface area (Å²) in [5, 5.41) is 5.78. The molecule has 1 rings (SSSR count). The standard InChI is InChI=1S/C14H22N2O2.ClH/c1-11(16-14(17)10-15-2)4-5-12-6-8-13(18-3)9-7-12;/h6-9,11,15H,4-5,10H2,1-3H3,(H,16,17);1H. The second kappa shape index (κ2) is 9.64. The first-order chi connectivity index (χ1) is 8.65. The Morgan fingerprint density at radius 1 is 1.32 bits per heavy atom. The molecule has 0 fully saturated rings. The molecule has 1 aromatic rings. The van der Waals surface area contributed by atoms with Crippen LogP contribution in [0.4, 0.5) is 0 Å². The Bertz CT molecular complexity index is 368. The number of amides is 1. The largest absolute Gasteiger partial charge is 0.497 e. The average Bonchev–Trinajstić information content (AvgIpc) is 2.37. The van der Waals surface area contributed by atoms with Crippen LogP contribution in [0.5, 0.6) is 5.75 Å². The molecule has 0 saturated carbocycles. The van der Waals surface area contributed by atoms with Crippen molar-refractivity contribution in [2.75, 3.05) is 20.7 Å². The number of hydrogen-bond donors (Lipinski definition) is 2. The second-order valence-corrected chi connectivity index (χ2v) is 4.39. The zero-order valence-electron chi connectivity index (χ0n) is 11.7. The topological polar surface area (TPSA) is 50.4 Å². The Balaban J connectivity index is 0.00000324. The minimum Gasteiger partial charge on any atom is -0.497 e. The molecule has 2 N–H and O–H groups in total. The van der Waals surface area contributed by atoms with Gasteiger partial charge in [0.1, 0.15) is 5.75 Å². The van der Waals surface area contributed by atoms with Crippen molar-refractivity contribution in [1.82, 2.24) is 10.6 Å². The van der Waals surface area contributed by atoms with Crippen molar-refractivity contribution in [1.29, 1.82) is 0 Å². The van der Waals surface area contributed by atoms with Gasteiger partial charge in [-0.15, -0.1) is 12.4 Å². The minimum atomic E-state index is 0. The third-order valence-electron chi connectivity index (χ3n) is 2.77. The van der Waals surface area contributed by atoms with Gasteiger partial charge in [-0.25, -0.2) is 0 Å². The number of carbonyl (C=O) groups is 1. The third kappa shape index (κ3) is 7.03. The molecule has 0 bridgehead atoms. The molecule has 0 aliphatic carbocycles. The number of methoxy groups -OCH3 is 1. The molecule has 19 heavy (non-hydrogen) atoms. The van der Waals surface area contributed by atoms with E-state index in [1.807, 2.05) is 19.1 Å². The Morgan fingerprint density at radius 3 is 2.47 bits per heavy atom. The smallest absolute Gasteiger partial charge is 0.234 e. The lowest BCUT2D eigenvalue weighted by Crippen LogP contribution is -2.38. The highest BCUT2D eigenvalue weighted by molar-refractivity contribution is 5.85. The van der Waals surface area contributed by atoms with Crippen LogP contribution in [-0.4, -0.2) is 32.7 Å². The van der Waals surface area contributed by atoms with E-state index in [9.17, 15) is 4.79 Å². The Labute approximate surface area is 121 Å². The van der Waals surface area contributed by atoms with Crippen LogP contribution in [0.1, 0.15) is 18.9 Å². The van der Waals surface area contributed by atoms with Gasteiger partial charge < -0.3 is 15.4 Å². The lowest BCUT2D eigenvalue weighted by atomic mass is 10.1.